The average Bonchev–Trinajstić information content (AvgIpc) is 3.36. The zero-order valence-corrected chi connectivity index (χ0v) is 20.7. The quantitative estimate of drug-likeness (QED) is 0.279. The molecule has 2 aliphatic rings. The molecule has 1 fully saturated rings. The van der Waals surface area contributed by atoms with Crippen molar-refractivity contribution in [1.82, 2.24) is 15.2 Å². The smallest absolute Gasteiger partial charge is 0.402 e. The minimum absolute atomic E-state index is 0.0131. The van der Waals surface area contributed by atoms with E-state index in [0.29, 0.717) is 30.4 Å². The first kappa shape index (κ1) is 25.5. The summed E-state index contributed by atoms with van der Waals surface area (Å²) in [4.78, 5) is 21.7. The standard InChI is InChI=1S/C27H22F3N7O3/c28-27(29,30)15-12-19(32-18-10-11-20(18)38)22(31-13-15)25-36-37-26(40-25)35-23-24(39)33-17-9-5-4-8-16(17)21(34-23)14-6-2-1-3-7-14/h1-9,12-13,18,20,23,32,38H,10-11H2,(H,33,39)(H,35,37)/t18-,20?,23+/m0/s1. The second-order valence-corrected chi connectivity index (χ2v) is 9.35. The summed E-state index contributed by atoms with van der Waals surface area (Å²) in [6.45, 7) is 0. The number of hydrogen-bond acceptors (Lipinski definition) is 9. The molecule has 1 amide bonds. The number of carbonyl (C=O) groups excluding carboxylic acids is 1. The van der Waals surface area contributed by atoms with Crippen LogP contribution in [-0.4, -0.2) is 50.2 Å². The third-order valence-corrected chi connectivity index (χ3v) is 6.68. The molecule has 1 aliphatic carbocycles. The number of fused-ring (bicyclic) bond motifs is 1. The number of benzodiazepines with no additional fused rings is 1. The molecular weight excluding hydrogens is 527 g/mol. The number of aromatic nitrogens is 3. The third kappa shape index (κ3) is 4.98. The number of rotatable bonds is 6. The van der Waals surface area contributed by atoms with Gasteiger partial charge in [0, 0.05) is 17.3 Å². The van der Waals surface area contributed by atoms with Crippen molar-refractivity contribution in [2.75, 3.05) is 16.0 Å². The van der Waals surface area contributed by atoms with Gasteiger partial charge in [-0.15, -0.1) is 5.10 Å². The molecule has 2 aromatic heterocycles. The highest BCUT2D eigenvalue weighted by atomic mass is 19.4. The lowest BCUT2D eigenvalue weighted by Gasteiger charge is -2.34. The van der Waals surface area contributed by atoms with Crippen molar-refractivity contribution < 1.29 is 27.5 Å². The normalized spacial score (nSPS) is 20.4. The minimum atomic E-state index is -4.62. The first-order valence-corrected chi connectivity index (χ1v) is 12.4. The second-order valence-electron chi connectivity index (χ2n) is 9.35. The van der Waals surface area contributed by atoms with Crippen LogP contribution in [0.1, 0.15) is 29.5 Å². The molecule has 6 rings (SSSR count). The fourth-order valence-electron chi connectivity index (χ4n) is 4.43. The van der Waals surface area contributed by atoms with E-state index in [4.69, 9.17) is 4.42 Å². The van der Waals surface area contributed by atoms with Gasteiger partial charge in [0.25, 0.3) is 11.8 Å². The highest BCUT2D eigenvalue weighted by Gasteiger charge is 2.35. The highest BCUT2D eigenvalue weighted by Crippen LogP contribution is 2.36. The molecule has 13 heteroatoms. The Morgan fingerprint density at radius 3 is 2.50 bits per heavy atom. The molecule has 0 bridgehead atoms. The number of aliphatic hydroxyl groups is 1. The number of para-hydroxylation sites is 1. The topological polar surface area (TPSA) is 138 Å². The summed E-state index contributed by atoms with van der Waals surface area (Å²) in [7, 11) is 0. The summed E-state index contributed by atoms with van der Waals surface area (Å²) >= 11 is 0. The Bertz CT molecular complexity index is 1590. The number of nitrogens with zero attached hydrogens (tertiary/aromatic N) is 4. The zero-order chi connectivity index (χ0) is 27.9. The fraction of sp³-hybridized carbons (Fsp3) is 0.222. The van der Waals surface area contributed by atoms with Gasteiger partial charge in [-0.3, -0.25) is 4.79 Å². The molecule has 4 N–H and O–H groups in total. The van der Waals surface area contributed by atoms with Crippen molar-refractivity contribution in [3.8, 4) is 11.6 Å². The van der Waals surface area contributed by atoms with Gasteiger partial charge in [0.1, 0.15) is 0 Å². The Balaban J connectivity index is 1.32. The Morgan fingerprint density at radius 2 is 1.77 bits per heavy atom. The first-order valence-electron chi connectivity index (χ1n) is 12.4. The minimum Gasteiger partial charge on any atom is -0.402 e. The van der Waals surface area contributed by atoms with Gasteiger partial charge in [-0.2, -0.15) is 13.2 Å². The van der Waals surface area contributed by atoms with Crippen LogP contribution in [0.5, 0.6) is 0 Å². The number of aliphatic hydroxyl groups excluding tert-OH is 1. The van der Waals surface area contributed by atoms with Crippen LogP contribution in [-0.2, 0) is 11.0 Å². The molecule has 10 nitrogen and oxygen atoms in total. The molecular formula is C27H22F3N7O3. The van der Waals surface area contributed by atoms with Crippen LogP contribution in [0.25, 0.3) is 11.6 Å². The Labute approximate surface area is 225 Å². The van der Waals surface area contributed by atoms with Crippen LogP contribution in [0.15, 0.2) is 76.3 Å². The Kier molecular flexibility index (Phi) is 6.42. The molecule has 1 saturated carbocycles. The predicted molar refractivity (Wildman–Crippen MR) is 140 cm³/mol. The van der Waals surface area contributed by atoms with Crippen molar-refractivity contribution in [3.05, 3.63) is 83.6 Å². The lowest BCUT2D eigenvalue weighted by Crippen LogP contribution is -2.42. The van der Waals surface area contributed by atoms with E-state index in [2.05, 4.69) is 36.1 Å². The molecule has 0 spiro atoms. The van der Waals surface area contributed by atoms with Gasteiger partial charge in [0.2, 0.25) is 6.17 Å². The molecule has 4 aromatic rings. The molecule has 0 saturated heterocycles. The highest BCUT2D eigenvalue weighted by molar-refractivity contribution is 6.19. The summed E-state index contributed by atoms with van der Waals surface area (Å²) in [5.74, 6) is -0.663. The third-order valence-electron chi connectivity index (χ3n) is 6.68. The van der Waals surface area contributed by atoms with Crippen molar-refractivity contribution in [1.29, 1.82) is 0 Å². The number of halogens is 3. The van der Waals surface area contributed by atoms with E-state index < -0.39 is 36.0 Å². The Morgan fingerprint density at radius 1 is 1.00 bits per heavy atom. The SMILES string of the molecule is O=C1Nc2ccccc2C(c2ccccc2)=N[C@@H]1Nc1nnc(-c2ncc(C(F)(F)F)cc2N[C@H]2CCC2O)o1. The van der Waals surface area contributed by atoms with Gasteiger partial charge in [0.05, 0.1) is 34.8 Å². The number of carbonyl (C=O) groups is 1. The van der Waals surface area contributed by atoms with Crippen LogP contribution >= 0.6 is 0 Å². The number of alkyl halides is 3. The number of hydrogen-bond donors (Lipinski definition) is 4. The van der Waals surface area contributed by atoms with E-state index in [1.807, 2.05) is 42.5 Å². The molecule has 204 valence electrons. The second kappa shape index (κ2) is 10.1. The van der Waals surface area contributed by atoms with Gasteiger partial charge in [-0.05, 0) is 25.0 Å². The average molecular weight is 550 g/mol. The van der Waals surface area contributed by atoms with Crippen molar-refractivity contribution >= 4 is 29.0 Å². The van der Waals surface area contributed by atoms with Crippen LogP contribution in [0.3, 0.4) is 0 Å². The van der Waals surface area contributed by atoms with E-state index in [-0.39, 0.29) is 23.3 Å². The summed E-state index contributed by atoms with van der Waals surface area (Å²) in [6, 6.07) is 16.8. The molecule has 1 aliphatic heterocycles. The molecule has 0 radical (unpaired) electrons. The number of nitrogens with one attached hydrogen (secondary N) is 3. The van der Waals surface area contributed by atoms with Crippen molar-refractivity contribution in [2.24, 2.45) is 4.99 Å². The summed E-state index contributed by atoms with van der Waals surface area (Å²) in [5, 5.41) is 26.4. The largest absolute Gasteiger partial charge is 0.417 e. The van der Waals surface area contributed by atoms with Crippen molar-refractivity contribution in [3.63, 3.8) is 0 Å². The lowest BCUT2D eigenvalue weighted by atomic mass is 9.89. The van der Waals surface area contributed by atoms with Gasteiger partial charge in [0.15, 0.2) is 5.69 Å². The van der Waals surface area contributed by atoms with Crippen LogP contribution in [0.2, 0.25) is 0 Å². The van der Waals surface area contributed by atoms with Gasteiger partial charge < -0.3 is 25.5 Å². The van der Waals surface area contributed by atoms with Gasteiger partial charge in [-0.25, -0.2) is 9.98 Å². The molecule has 2 aromatic carbocycles. The molecule has 1 unspecified atom stereocenters. The Hall–Kier alpha value is -4.78. The van der Waals surface area contributed by atoms with Crippen LogP contribution < -0.4 is 16.0 Å². The van der Waals surface area contributed by atoms with E-state index in [9.17, 15) is 23.1 Å². The summed E-state index contributed by atoms with van der Waals surface area (Å²) in [6.07, 6.45) is -4.71. The maximum atomic E-state index is 13.4. The summed E-state index contributed by atoms with van der Waals surface area (Å²) in [5.41, 5.74) is 1.63. The monoisotopic (exact) mass is 549 g/mol. The van der Waals surface area contributed by atoms with Crippen LogP contribution in [0.4, 0.5) is 30.6 Å². The van der Waals surface area contributed by atoms with E-state index >= 15 is 0 Å². The van der Waals surface area contributed by atoms with E-state index in [0.717, 1.165) is 17.2 Å². The van der Waals surface area contributed by atoms with Crippen molar-refractivity contribution in [2.45, 2.75) is 37.3 Å². The first-order chi connectivity index (χ1) is 19.3. The molecule has 3 atom stereocenters. The number of aliphatic imine (C=N–C) groups is 1. The maximum Gasteiger partial charge on any atom is 0.417 e. The number of pyridine rings is 1. The predicted octanol–water partition coefficient (Wildman–Crippen LogP) is 4.31. The van der Waals surface area contributed by atoms with Gasteiger partial charge >= 0.3 is 12.2 Å². The maximum absolute atomic E-state index is 13.4. The van der Waals surface area contributed by atoms with E-state index in [1.54, 1.807) is 12.1 Å². The molecule has 3 heterocycles. The lowest BCUT2D eigenvalue weighted by molar-refractivity contribution is -0.137. The van der Waals surface area contributed by atoms with Crippen LogP contribution in [0, 0.1) is 0 Å². The molecule has 40 heavy (non-hydrogen) atoms. The fourth-order valence-corrected chi connectivity index (χ4v) is 4.43. The number of anilines is 3. The summed E-state index contributed by atoms with van der Waals surface area (Å²) < 4.78 is 45.8. The van der Waals surface area contributed by atoms with E-state index in [1.165, 1.54) is 0 Å². The van der Waals surface area contributed by atoms with Gasteiger partial charge in [-0.1, -0.05) is 53.6 Å². The number of amides is 1. The number of benzene rings is 2. The zero-order valence-electron chi connectivity index (χ0n) is 20.7.